The quantitative estimate of drug-likeness (QED) is 0.400. The number of Topliss-reactive ketones (excluding diaryl/α,β-unsaturated/α-hetero) is 2. The van der Waals surface area contributed by atoms with Crippen LogP contribution in [0, 0.1) is 0 Å². The van der Waals surface area contributed by atoms with Crippen molar-refractivity contribution in [2.75, 3.05) is 0 Å². The van der Waals surface area contributed by atoms with Crippen molar-refractivity contribution in [2.45, 2.75) is 51.9 Å². The molecule has 1 aliphatic carbocycles. The Morgan fingerprint density at radius 3 is 2.29 bits per heavy atom. The van der Waals surface area contributed by atoms with E-state index in [-0.39, 0.29) is 17.3 Å². The predicted molar refractivity (Wildman–Crippen MR) is 133 cm³/mol. The summed E-state index contributed by atoms with van der Waals surface area (Å²) in [7, 11) is 0. The average molecular weight is 456 g/mol. The van der Waals surface area contributed by atoms with Crippen molar-refractivity contribution >= 4 is 22.7 Å². The molecule has 1 aromatic heterocycles. The summed E-state index contributed by atoms with van der Waals surface area (Å²) in [6.07, 6.45) is 0.486. The molecule has 3 aromatic carbocycles. The molecule has 0 amide bonds. The first-order valence-corrected chi connectivity index (χ1v) is 11.3. The SMILES string of the molecule is CC(=O)C(C)(C)c1ccc(O)cc1.CC1(C)C(=O)Cc2cc3oc(-c4ccccc4)nc3cc21. The van der Waals surface area contributed by atoms with Crippen LogP contribution in [-0.4, -0.2) is 21.7 Å². The Bertz CT molecular complexity index is 1360. The number of aromatic hydroxyl groups is 1. The number of aromatic nitrogens is 1. The van der Waals surface area contributed by atoms with Crippen molar-refractivity contribution in [3.63, 3.8) is 0 Å². The number of benzene rings is 3. The molecule has 0 radical (unpaired) electrons. The Kier molecular flexibility index (Phi) is 5.90. The van der Waals surface area contributed by atoms with Crippen LogP contribution in [0.1, 0.15) is 51.3 Å². The highest BCUT2D eigenvalue weighted by molar-refractivity contribution is 5.98. The highest BCUT2D eigenvalue weighted by atomic mass is 16.3. The zero-order valence-corrected chi connectivity index (χ0v) is 20.2. The van der Waals surface area contributed by atoms with Gasteiger partial charge in [-0.1, -0.05) is 30.3 Å². The first kappa shape index (κ1) is 23.4. The molecule has 34 heavy (non-hydrogen) atoms. The maximum Gasteiger partial charge on any atom is 0.227 e. The fraction of sp³-hybridized carbons (Fsp3) is 0.276. The standard InChI is InChI=1S/C18H15NO2.C11H14O2/c1-18(2)13-10-14-15(8-12(13)9-16(18)20)21-17(19-14)11-6-4-3-5-7-11;1-8(12)11(2,3)9-4-6-10(13)7-5-9/h3-8,10H,9H2,1-2H3;4-7,13H,1-3H3. The van der Waals surface area contributed by atoms with E-state index in [1.807, 2.05) is 70.2 Å². The Hall–Kier alpha value is -3.73. The van der Waals surface area contributed by atoms with Gasteiger partial charge in [-0.25, -0.2) is 4.98 Å². The maximum atomic E-state index is 12.1. The number of phenolic OH excluding ortho intramolecular Hbond substituents is 1. The molecule has 0 fully saturated rings. The van der Waals surface area contributed by atoms with Gasteiger partial charge in [0.05, 0.1) is 0 Å². The number of carbonyl (C=O) groups excluding carboxylic acids is 2. The fourth-order valence-corrected chi connectivity index (χ4v) is 4.07. The van der Waals surface area contributed by atoms with Gasteiger partial charge in [0, 0.05) is 22.8 Å². The van der Waals surface area contributed by atoms with Crippen LogP contribution < -0.4 is 0 Å². The number of ketones is 2. The summed E-state index contributed by atoms with van der Waals surface area (Å²) < 4.78 is 5.86. The Morgan fingerprint density at radius 1 is 1.03 bits per heavy atom. The van der Waals surface area contributed by atoms with Gasteiger partial charge in [-0.2, -0.15) is 0 Å². The van der Waals surface area contributed by atoms with Gasteiger partial charge in [0.25, 0.3) is 0 Å². The molecule has 1 N–H and O–H groups in total. The lowest BCUT2D eigenvalue weighted by Gasteiger charge is -2.21. The van der Waals surface area contributed by atoms with E-state index in [9.17, 15) is 9.59 Å². The normalized spacial score (nSPS) is 14.4. The van der Waals surface area contributed by atoms with Crippen molar-refractivity contribution in [1.29, 1.82) is 0 Å². The summed E-state index contributed by atoms with van der Waals surface area (Å²) in [4.78, 5) is 28.0. The number of carbonyl (C=O) groups is 2. The molecule has 5 rings (SSSR count). The number of hydrogen-bond donors (Lipinski definition) is 1. The third-order valence-electron chi connectivity index (χ3n) is 6.82. The average Bonchev–Trinajstić information content (AvgIpc) is 3.31. The number of fused-ring (bicyclic) bond motifs is 2. The molecule has 0 aliphatic heterocycles. The topological polar surface area (TPSA) is 80.4 Å². The molecule has 0 saturated heterocycles. The highest BCUT2D eigenvalue weighted by Gasteiger charge is 2.38. The third-order valence-corrected chi connectivity index (χ3v) is 6.82. The van der Waals surface area contributed by atoms with Crippen LogP contribution in [0.15, 0.2) is 71.1 Å². The second kappa shape index (κ2) is 8.56. The Labute approximate surface area is 199 Å². The summed E-state index contributed by atoms with van der Waals surface area (Å²) in [5.41, 5.74) is 4.71. The van der Waals surface area contributed by atoms with E-state index in [1.54, 1.807) is 31.2 Å². The summed E-state index contributed by atoms with van der Waals surface area (Å²) in [5.74, 6) is 1.23. The lowest BCUT2D eigenvalue weighted by Crippen LogP contribution is -2.26. The van der Waals surface area contributed by atoms with Gasteiger partial charge in [0.1, 0.15) is 22.8 Å². The minimum Gasteiger partial charge on any atom is -0.508 e. The van der Waals surface area contributed by atoms with Crippen molar-refractivity contribution in [1.82, 2.24) is 4.98 Å². The van der Waals surface area contributed by atoms with E-state index >= 15 is 0 Å². The van der Waals surface area contributed by atoms with Crippen LogP contribution in [0.5, 0.6) is 5.75 Å². The second-order valence-electron chi connectivity index (χ2n) is 9.82. The second-order valence-corrected chi connectivity index (χ2v) is 9.82. The maximum absolute atomic E-state index is 12.1. The molecule has 0 saturated carbocycles. The molecule has 0 bridgehead atoms. The van der Waals surface area contributed by atoms with Gasteiger partial charge < -0.3 is 9.52 Å². The largest absolute Gasteiger partial charge is 0.508 e. The van der Waals surface area contributed by atoms with Crippen molar-refractivity contribution in [2.24, 2.45) is 0 Å². The third kappa shape index (κ3) is 4.26. The summed E-state index contributed by atoms with van der Waals surface area (Å²) in [6.45, 7) is 9.28. The summed E-state index contributed by atoms with van der Waals surface area (Å²) in [5, 5.41) is 9.08. The Balaban J connectivity index is 0.000000182. The zero-order chi connectivity index (χ0) is 24.7. The van der Waals surface area contributed by atoms with Crippen LogP contribution in [0.4, 0.5) is 0 Å². The molecule has 1 aliphatic rings. The van der Waals surface area contributed by atoms with E-state index in [1.165, 1.54) is 0 Å². The van der Waals surface area contributed by atoms with E-state index in [4.69, 9.17) is 9.52 Å². The Morgan fingerprint density at radius 2 is 1.68 bits per heavy atom. The van der Waals surface area contributed by atoms with Gasteiger partial charge in [-0.3, -0.25) is 9.59 Å². The van der Waals surface area contributed by atoms with Crippen LogP contribution in [0.2, 0.25) is 0 Å². The smallest absolute Gasteiger partial charge is 0.227 e. The van der Waals surface area contributed by atoms with Crippen molar-refractivity contribution in [3.8, 4) is 17.2 Å². The molecule has 4 aromatic rings. The zero-order valence-electron chi connectivity index (χ0n) is 20.2. The van der Waals surface area contributed by atoms with Crippen molar-refractivity contribution in [3.05, 3.63) is 83.4 Å². The molecule has 0 spiro atoms. The van der Waals surface area contributed by atoms with Crippen LogP contribution >= 0.6 is 0 Å². The van der Waals surface area contributed by atoms with Crippen LogP contribution in [0.3, 0.4) is 0 Å². The van der Waals surface area contributed by atoms with Gasteiger partial charge in [0.15, 0.2) is 5.58 Å². The minimum atomic E-state index is -0.465. The first-order chi connectivity index (χ1) is 16.0. The summed E-state index contributed by atoms with van der Waals surface area (Å²) in [6, 6.07) is 20.6. The lowest BCUT2D eigenvalue weighted by molar-refractivity contribution is -0.122. The molecular weight excluding hydrogens is 426 g/mol. The number of rotatable bonds is 3. The number of nitrogens with zero attached hydrogens (tertiary/aromatic N) is 1. The monoisotopic (exact) mass is 455 g/mol. The lowest BCUT2D eigenvalue weighted by atomic mass is 9.81. The first-order valence-electron chi connectivity index (χ1n) is 11.3. The van der Waals surface area contributed by atoms with E-state index in [0.29, 0.717) is 12.3 Å². The van der Waals surface area contributed by atoms with E-state index in [0.717, 1.165) is 33.4 Å². The molecule has 1 heterocycles. The molecule has 174 valence electrons. The highest BCUT2D eigenvalue weighted by Crippen LogP contribution is 2.38. The van der Waals surface area contributed by atoms with Crippen molar-refractivity contribution < 1.29 is 19.1 Å². The van der Waals surface area contributed by atoms with Crippen LogP contribution in [0.25, 0.3) is 22.6 Å². The number of oxazole rings is 1. The van der Waals surface area contributed by atoms with E-state index in [2.05, 4.69) is 4.98 Å². The fourth-order valence-electron chi connectivity index (χ4n) is 4.07. The summed E-state index contributed by atoms with van der Waals surface area (Å²) >= 11 is 0. The molecule has 0 atom stereocenters. The predicted octanol–water partition coefficient (Wildman–Crippen LogP) is 6.16. The van der Waals surface area contributed by atoms with Gasteiger partial charge >= 0.3 is 0 Å². The minimum absolute atomic E-state index is 0.123. The van der Waals surface area contributed by atoms with Crippen LogP contribution in [-0.2, 0) is 26.8 Å². The number of phenols is 1. The molecule has 5 nitrogen and oxygen atoms in total. The van der Waals surface area contributed by atoms with E-state index < -0.39 is 10.8 Å². The molecular formula is C29H29NO4. The van der Waals surface area contributed by atoms with Gasteiger partial charge in [0.2, 0.25) is 5.89 Å². The van der Waals surface area contributed by atoms with Gasteiger partial charge in [-0.05, 0) is 87.7 Å². The molecule has 5 heteroatoms. The number of hydrogen-bond acceptors (Lipinski definition) is 5. The molecule has 0 unspecified atom stereocenters. The van der Waals surface area contributed by atoms with Gasteiger partial charge in [-0.15, -0.1) is 0 Å².